The maximum atomic E-state index is 12.6. The zero-order valence-corrected chi connectivity index (χ0v) is 15.0. The fourth-order valence-corrected chi connectivity index (χ4v) is 2.96. The van der Waals surface area contributed by atoms with Gasteiger partial charge in [-0.15, -0.1) is 0 Å². The van der Waals surface area contributed by atoms with Gasteiger partial charge in [0.1, 0.15) is 11.6 Å². The van der Waals surface area contributed by atoms with Crippen LogP contribution in [0.25, 0.3) is 10.9 Å². The Hall–Kier alpha value is -3.02. The van der Waals surface area contributed by atoms with Crippen LogP contribution >= 0.6 is 0 Å². The second-order valence-electron chi connectivity index (χ2n) is 7.21. The largest absolute Gasteiger partial charge is 0.480 e. The van der Waals surface area contributed by atoms with Gasteiger partial charge in [0.05, 0.1) is 5.52 Å². The Balaban J connectivity index is 2.01. The van der Waals surface area contributed by atoms with Crippen molar-refractivity contribution in [3.05, 3.63) is 60.6 Å². The Morgan fingerprint density at radius 1 is 1.12 bits per heavy atom. The molecule has 2 aromatic heterocycles. The molecule has 0 bridgehead atoms. The highest BCUT2D eigenvalue weighted by Gasteiger charge is 2.24. The lowest BCUT2D eigenvalue weighted by Gasteiger charge is -2.19. The predicted molar refractivity (Wildman–Crippen MR) is 98.4 cm³/mol. The maximum absolute atomic E-state index is 12.6. The molecule has 1 unspecified atom stereocenters. The fraction of sp³-hybridized carbons (Fsp3) is 0.300. The minimum Gasteiger partial charge on any atom is -0.480 e. The van der Waals surface area contributed by atoms with Gasteiger partial charge in [0, 0.05) is 30.4 Å². The minimum atomic E-state index is -0.921. The number of nitrogens with zero attached hydrogens (tertiary/aromatic N) is 2. The summed E-state index contributed by atoms with van der Waals surface area (Å²) in [6.45, 7) is 5.43. The number of aliphatic carboxylic acids is 1. The summed E-state index contributed by atoms with van der Waals surface area (Å²) in [5.74, 6) is -0.921. The molecule has 1 atom stereocenters. The number of carboxylic acids is 1. The van der Waals surface area contributed by atoms with Crippen molar-refractivity contribution >= 4 is 23.0 Å². The highest BCUT2D eigenvalue weighted by Crippen LogP contribution is 2.26. The SMILES string of the molecule is CC(C)(C)OC(=O)n1cc(CC(C(=O)O)n2cccc2)c2ccccc21. The van der Waals surface area contributed by atoms with Crippen LogP contribution in [-0.2, 0) is 16.0 Å². The first-order valence-corrected chi connectivity index (χ1v) is 8.44. The molecule has 0 radical (unpaired) electrons. The lowest BCUT2D eigenvalue weighted by molar-refractivity contribution is -0.140. The van der Waals surface area contributed by atoms with Crippen LogP contribution in [-0.4, -0.2) is 31.9 Å². The van der Waals surface area contributed by atoms with E-state index >= 15 is 0 Å². The normalized spacial score (nSPS) is 12.9. The molecule has 1 N–H and O–H groups in total. The van der Waals surface area contributed by atoms with Gasteiger partial charge in [-0.1, -0.05) is 18.2 Å². The van der Waals surface area contributed by atoms with Gasteiger partial charge in [-0.3, -0.25) is 4.57 Å². The van der Waals surface area contributed by atoms with Gasteiger partial charge in [-0.05, 0) is 44.5 Å². The van der Waals surface area contributed by atoms with E-state index in [2.05, 4.69) is 0 Å². The lowest BCUT2D eigenvalue weighted by Crippen LogP contribution is -2.26. The summed E-state index contributed by atoms with van der Waals surface area (Å²) in [6.07, 6.45) is 4.92. The van der Waals surface area contributed by atoms with E-state index in [1.54, 1.807) is 35.3 Å². The second-order valence-corrected chi connectivity index (χ2v) is 7.21. The first-order valence-electron chi connectivity index (χ1n) is 8.44. The molecule has 6 nitrogen and oxygen atoms in total. The molecule has 0 fully saturated rings. The van der Waals surface area contributed by atoms with Crippen molar-refractivity contribution < 1.29 is 19.4 Å². The number of hydrogen-bond acceptors (Lipinski definition) is 3. The van der Waals surface area contributed by atoms with Gasteiger partial charge in [0.25, 0.3) is 0 Å². The number of benzene rings is 1. The van der Waals surface area contributed by atoms with Crippen LogP contribution in [0.1, 0.15) is 32.4 Å². The van der Waals surface area contributed by atoms with E-state index in [0.717, 1.165) is 10.9 Å². The van der Waals surface area contributed by atoms with Crippen molar-refractivity contribution in [1.82, 2.24) is 9.13 Å². The second kappa shape index (κ2) is 6.71. The first kappa shape index (κ1) is 17.8. The summed E-state index contributed by atoms with van der Waals surface area (Å²) in [4.78, 5) is 24.3. The number of carbonyl (C=O) groups is 2. The van der Waals surface area contributed by atoms with Crippen molar-refractivity contribution in [3.63, 3.8) is 0 Å². The van der Waals surface area contributed by atoms with Crippen LogP contribution in [0.5, 0.6) is 0 Å². The molecule has 26 heavy (non-hydrogen) atoms. The van der Waals surface area contributed by atoms with Gasteiger partial charge in [-0.2, -0.15) is 0 Å². The van der Waals surface area contributed by atoms with Crippen LogP contribution < -0.4 is 0 Å². The van der Waals surface area contributed by atoms with Gasteiger partial charge in [-0.25, -0.2) is 9.59 Å². The van der Waals surface area contributed by atoms with E-state index in [1.165, 1.54) is 4.57 Å². The van der Waals surface area contributed by atoms with Gasteiger partial charge < -0.3 is 14.4 Å². The van der Waals surface area contributed by atoms with Crippen molar-refractivity contribution in [2.45, 2.75) is 38.8 Å². The summed E-state index contributed by atoms with van der Waals surface area (Å²) in [5, 5.41) is 10.5. The highest BCUT2D eigenvalue weighted by atomic mass is 16.6. The van der Waals surface area contributed by atoms with Crippen LogP contribution in [0, 0.1) is 0 Å². The lowest BCUT2D eigenvalue weighted by atomic mass is 10.1. The zero-order chi connectivity index (χ0) is 18.9. The number of carbonyl (C=O) groups excluding carboxylic acids is 1. The van der Waals surface area contributed by atoms with E-state index in [4.69, 9.17) is 4.74 Å². The molecule has 2 heterocycles. The number of rotatable bonds is 4. The third-order valence-corrected chi connectivity index (χ3v) is 4.07. The van der Waals surface area contributed by atoms with Gasteiger partial charge in [0.15, 0.2) is 0 Å². The molecule has 0 spiro atoms. The summed E-state index contributed by atoms with van der Waals surface area (Å²) < 4.78 is 8.58. The molecule has 3 aromatic rings. The average molecular weight is 354 g/mol. The van der Waals surface area contributed by atoms with E-state index < -0.39 is 23.7 Å². The quantitative estimate of drug-likeness (QED) is 0.766. The predicted octanol–water partition coefficient (Wildman–Crippen LogP) is 4.09. The van der Waals surface area contributed by atoms with Crippen molar-refractivity contribution in [1.29, 1.82) is 0 Å². The van der Waals surface area contributed by atoms with Gasteiger partial charge in [0.2, 0.25) is 0 Å². The smallest absolute Gasteiger partial charge is 0.419 e. The van der Waals surface area contributed by atoms with Gasteiger partial charge >= 0.3 is 12.1 Å². The molecule has 0 saturated heterocycles. The Kier molecular flexibility index (Phi) is 4.59. The van der Waals surface area contributed by atoms with Crippen LogP contribution in [0.3, 0.4) is 0 Å². The number of fused-ring (bicyclic) bond motifs is 1. The van der Waals surface area contributed by atoms with Crippen LogP contribution in [0.2, 0.25) is 0 Å². The number of aromatic nitrogens is 2. The zero-order valence-electron chi connectivity index (χ0n) is 15.0. The standard InChI is InChI=1S/C20H22N2O4/c1-20(2,3)26-19(25)22-13-14(15-8-4-5-9-16(15)22)12-17(18(23)24)21-10-6-7-11-21/h4-11,13,17H,12H2,1-3H3,(H,23,24). The Bertz CT molecular complexity index is 933. The number of para-hydroxylation sites is 1. The Morgan fingerprint density at radius 3 is 2.38 bits per heavy atom. The van der Waals surface area contributed by atoms with Crippen LogP contribution in [0.15, 0.2) is 55.0 Å². The fourth-order valence-electron chi connectivity index (χ4n) is 2.96. The summed E-state index contributed by atoms with van der Waals surface area (Å²) >= 11 is 0. The summed E-state index contributed by atoms with van der Waals surface area (Å²) in [5.41, 5.74) is 0.873. The number of ether oxygens (including phenoxy) is 1. The van der Waals surface area contributed by atoms with E-state index in [0.29, 0.717) is 5.52 Å². The molecule has 3 rings (SSSR count). The average Bonchev–Trinajstić information content (AvgIpc) is 3.19. The topological polar surface area (TPSA) is 73.5 Å². The maximum Gasteiger partial charge on any atom is 0.419 e. The minimum absolute atomic E-state index is 0.264. The summed E-state index contributed by atoms with van der Waals surface area (Å²) in [7, 11) is 0. The molecule has 136 valence electrons. The molecule has 1 aromatic carbocycles. The molecular weight excluding hydrogens is 332 g/mol. The van der Waals surface area contributed by atoms with Crippen molar-refractivity contribution in [2.75, 3.05) is 0 Å². The molecule has 0 aliphatic heterocycles. The van der Waals surface area contributed by atoms with E-state index in [-0.39, 0.29) is 6.42 Å². The van der Waals surface area contributed by atoms with Crippen LogP contribution in [0.4, 0.5) is 4.79 Å². The molecule has 0 amide bonds. The van der Waals surface area contributed by atoms with Crippen molar-refractivity contribution in [2.24, 2.45) is 0 Å². The Labute approximate surface area is 151 Å². The third-order valence-electron chi connectivity index (χ3n) is 4.07. The number of carboxylic acid groups (broad SMARTS) is 1. The first-order chi connectivity index (χ1) is 12.3. The number of hydrogen-bond donors (Lipinski definition) is 1. The molecule has 6 heteroatoms. The molecule has 0 aliphatic rings. The monoisotopic (exact) mass is 354 g/mol. The molecule has 0 aliphatic carbocycles. The van der Waals surface area contributed by atoms with Crippen molar-refractivity contribution in [3.8, 4) is 0 Å². The summed E-state index contributed by atoms with van der Waals surface area (Å²) in [6, 6.07) is 10.3. The molecule has 0 saturated carbocycles. The van der Waals surface area contributed by atoms with E-state index in [9.17, 15) is 14.7 Å². The molecular formula is C20H22N2O4. The Morgan fingerprint density at radius 2 is 1.77 bits per heavy atom. The highest BCUT2D eigenvalue weighted by molar-refractivity contribution is 5.92. The van der Waals surface area contributed by atoms with E-state index in [1.807, 2.05) is 45.0 Å². The third kappa shape index (κ3) is 3.64.